The van der Waals surface area contributed by atoms with Gasteiger partial charge in [0.15, 0.2) is 0 Å². The maximum absolute atomic E-state index is 11.2. The molecule has 0 aliphatic rings. The van der Waals surface area contributed by atoms with Crippen LogP contribution in [0.15, 0.2) is 12.2 Å². The van der Waals surface area contributed by atoms with E-state index in [0.29, 0.717) is 6.04 Å². The summed E-state index contributed by atoms with van der Waals surface area (Å²) in [5.74, 6) is -1.49. The van der Waals surface area contributed by atoms with Crippen molar-refractivity contribution in [3.05, 3.63) is 12.2 Å². The summed E-state index contributed by atoms with van der Waals surface area (Å²) in [6.45, 7) is 6.03. The van der Waals surface area contributed by atoms with Crippen molar-refractivity contribution < 1.29 is 28.0 Å². The molecule has 0 rings (SSSR count). The molecule has 0 aliphatic heterocycles. The Kier molecular flexibility index (Phi) is 7.74. The number of ether oxygens (including phenoxy) is 1. The molecule has 0 atom stereocenters. The second-order valence-electron chi connectivity index (χ2n) is 3.87. The van der Waals surface area contributed by atoms with Gasteiger partial charge in [-0.3, -0.25) is 9.59 Å². The third-order valence-electron chi connectivity index (χ3n) is 2.23. The van der Waals surface area contributed by atoms with Crippen LogP contribution in [0.4, 0.5) is 0 Å². The van der Waals surface area contributed by atoms with Crippen LogP contribution in [0, 0.1) is 0 Å². The van der Waals surface area contributed by atoms with E-state index in [4.69, 9.17) is 13.6 Å². The molecule has 0 aromatic carbocycles. The van der Waals surface area contributed by atoms with E-state index >= 15 is 0 Å². The second kappa shape index (κ2) is 8.47. The van der Waals surface area contributed by atoms with E-state index in [1.807, 2.05) is 0 Å². The highest BCUT2D eigenvalue weighted by Crippen LogP contribution is 2.19. The van der Waals surface area contributed by atoms with Crippen LogP contribution in [0.3, 0.4) is 0 Å². The molecule has 0 aromatic rings. The number of hydrogen-bond donors (Lipinski definition) is 0. The fraction of sp³-hybridized carbons (Fsp3) is 0.583. The summed E-state index contributed by atoms with van der Waals surface area (Å²) < 4.78 is 15.3. The van der Waals surface area contributed by atoms with E-state index in [0.717, 1.165) is 0 Å². The first-order valence-electron chi connectivity index (χ1n) is 6.04. The summed E-state index contributed by atoms with van der Waals surface area (Å²) in [6, 6.07) is 0.638. The normalized spacial score (nSPS) is 11.2. The van der Waals surface area contributed by atoms with E-state index in [-0.39, 0.29) is 12.7 Å². The Morgan fingerprint density at radius 3 is 2.00 bits per heavy atom. The van der Waals surface area contributed by atoms with Crippen LogP contribution >= 0.6 is 0 Å². The van der Waals surface area contributed by atoms with Gasteiger partial charge in [-0.15, -0.1) is 0 Å². The van der Waals surface area contributed by atoms with Crippen molar-refractivity contribution in [1.82, 2.24) is 0 Å². The van der Waals surface area contributed by atoms with Crippen molar-refractivity contribution >= 4 is 26.5 Å². The highest BCUT2D eigenvalue weighted by Gasteiger charge is 2.42. The van der Waals surface area contributed by atoms with Crippen LogP contribution in [-0.4, -0.2) is 33.1 Å². The Balaban J connectivity index is 4.60. The summed E-state index contributed by atoms with van der Waals surface area (Å²) in [5, 5.41) is 0. The van der Waals surface area contributed by atoms with E-state index < -0.39 is 26.5 Å². The molecule has 0 saturated carbocycles. The zero-order valence-electron chi connectivity index (χ0n) is 11.7. The molecule has 0 aliphatic carbocycles. The van der Waals surface area contributed by atoms with Crippen molar-refractivity contribution in [1.29, 1.82) is 0 Å². The SMILES string of the molecule is CC=CC(=O)OCC[Si](CC)(OC(C)=O)OC(C)=O. The maximum atomic E-state index is 11.2. The van der Waals surface area contributed by atoms with Crippen molar-refractivity contribution in [3.8, 4) is 0 Å². The Hall–Kier alpha value is -1.63. The molecule has 0 radical (unpaired) electrons. The predicted molar refractivity (Wildman–Crippen MR) is 70.3 cm³/mol. The Morgan fingerprint density at radius 1 is 1.11 bits per heavy atom. The van der Waals surface area contributed by atoms with E-state index in [1.165, 1.54) is 19.9 Å². The molecule has 0 amide bonds. The lowest BCUT2D eigenvalue weighted by Crippen LogP contribution is -2.45. The van der Waals surface area contributed by atoms with E-state index in [9.17, 15) is 14.4 Å². The molecule has 0 unspecified atom stereocenters. The van der Waals surface area contributed by atoms with Gasteiger partial charge in [0, 0.05) is 32.0 Å². The molecule has 0 spiro atoms. The molecule has 0 fully saturated rings. The molecule has 0 heterocycles. The van der Waals surface area contributed by atoms with Gasteiger partial charge in [-0.25, -0.2) is 4.79 Å². The summed E-state index contributed by atoms with van der Waals surface area (Å²) in [4.78, 5) is 33.4. The fourth-order valence-corrected chi connectivity index (χ4v) is 3.81. The third kappa shape index (κ3) is 7.40. The van der Waals surface area contributed by atoms with Gasteiger partial charge in [0.25, 0.3) is 11.9 Å². The van der Waals surface area contributed by atoms with Gasteiger partial charge < -0.3 is 13.6 Å². The van der Waals surface area contributed by atoms with Crippen LogP contribution in [0.2, 0.25) is 12.1 Å². The van der Waals surface area contributed by atoms with Gasteiger partial charge in [0.2, 0.25) is 0 Å². The first-order valence-corrected chi connectivity index (χ1v) is 8.27. The number of esters is 1. The lowest BCUT2D eigenvalue weighted by Gasteiger charge is -2.27. The Morgan fingerprint density at radius 2 is 1.63 bits per heavy atom. The lowest BCUT2D eigenvalue weighted by molar-refractivity contribution is -0.139. The van der Waals surface area contributed by atoms with Crippen molar-refractivity contribution in [3.63, 3.8) is 0 Å². The van der Waals surface area contributed by atoms with Gasteiger partial charge in [0.1, 0.15) is 0 Å². The molecule has 0 N–H and O–H groups in total. The molecule has 7 heteroatoms. The molecule has 0 bridgehead atoms. The average Bonchev–Trinajstić information content (AvgIpc) is 2.27. The number of allylic oxidation sites excluding steroid dienone is 1. The maximum Gasteiger partial charge on any atom is 0.467 e. The first kappa shape index (κ1) is 17.4. The minimum absolute atomic E-state index is 0.0454. The summed E-state index contributed by atoms with van der Waals surface area (Å²) in [7, 11) is -2.99. The highest BCUT2D eigenvalue weighted by atomic mass is 28.4. The Bertz CT molecular complexity index is 347. The smallest absolute Gasteiger partial charge is 0.467 e. The van der Waals surface area contributed by atoms with Gasteiger partial charge in [0.05, 0.1) is 6.61 Å². The fourth-order valence-electron chi connectivity index (χ4n) is 1.46. The van der Waals surface area contributed by atoms with Crippen molar-refractivity contribution in [2.45, 2.75) is 39.8 Å². The monoisotopic (exact) mass is 288 g/mol. The standard InChI is InChI=1S/C12H20O6Si/c1-5-7-12(15)16-8-9-19(6-2,17-10(3)13)18-11(4)14/h5,7H,6,8-9H2,1-4H3. The molecule has 108 valence electrons. The number of carbonyl (C=O) groups is 3. The lowest BCUT2D eigenvalue weighted by atomic mass is 10.5. The van der Waals surface area contributed by atoms with Gasteiger partial charge in [-0.2, -0.15) is 0 Å². The van der Waals surface area contributed by atoms with Gasteiger partial charge in [-0.05, 0) is 6.92 Å². The second-order valence-corrected chi connectivity index (χ2v) is 7.31. The zero-order valence-corrected chi connectivity index (χ0v) is 12.7. The van der Waals surface area contributed by atoms with Crippen LogP contribution < -0.4 is 0 Å². The van der Waals surface area contributed by atoms with Gasteiger partial charge >= 0.3 is 14.5 Å². The molecule has 19 heavy (non-hydrogen) atoms. The van der Waals surface area contributed by atoms with Crippen LogP contribution in [0.1, 0.15) is 27.7 Å². The van der Waals surface area contributed by atoms with Crippen LogP contribution in [0.25, 0.3) is 0 Å². The molecule has 0 saturated heterocycles. The number of carbonyl (C=O) groups excluding carboxylic acids is 3. The predicted octanol–water partition coefficient (Wildman–Crippen LogP) is 1.69. The van der Waals surface area contributed by atoms with Crippen LogP contribution in [-0.2, 0) is 28.0 Å². The zero-order chi connectivity index (χ0) is 14.9. The van der Waals surface area contributed by atoms with Crippen molar-refractivity contribution in [2.75, 3.05) is 6.61 Å². The summed E-state index contributed by atoms with van der Waals surface area (Å²) in [6.07, 6.45) is 2.85. The number of hydrogen-bond acceptors (Lipinski definition) is 6. The third-order valence-corrected chi connectivity index (χ3v) is 5.59. The minimum Gasteiger partial charge on any atom is -0.485 e. The summed E-state index contributed by atoms with van der Waals surface area (Å²) in [5.41, 5.74) is 0. The average molecular weight is 288 g/mol. The molecule has 6 nitrogen and oxygen atoms in total. The Labute approximate surface area is 114 Å². The minimum atomic E-state index is -2.99. The van der Waals surface area contributed by atoms with Crippen LogP contribution in [0.5, 0.6) is 0 Å². The quantitative estimate of drug-likeness (QED) is 0.403. The molecule has 0 aromatic heterocycles. The summed E-state index contributed by atoms with van der Waals surface area (Å²) >= 11 is 0. The largest absolute Gasteiger partial charge is 0.485 e. The van der Waals surface area contributed by atoms with E-state index in [2.05, 4.69) is 0 Å². The van der Waals surface area contributed by atoms with Crippen molar-refractivity contribution in [2.24, 2.45) is 0 Å². The molecular weight excluding hydrogens is 268 g/mol. The highest BCUT2D eigenvalue weighted by molar-refractivity contribution is 6.70. The topological polar surface area (TPSA) is 78.9 Å². The molecular formula is C12H20O6Si. The number of rotatable bonds is 7. The van der Waals surface area contributed by atoms with Gasteiger partial charge in [-0.1, -0.05) is 13.0 Å². The van der Waals surface area contributed by atoms with E-state index in [1.54, 1.807) is 19.9 Å². The first-order chi connectivity index (χ1) is 8.85.